The van der Waals surface area contributed by atoms with Gasteiger partial charge in [0.25, 0.3) is 0 Å². The number of aromatic hydroxyl groups is 1. The highest BCUT2D eigenvalue weighted by molar-refractivity contribution is 5.65. The molecule has 0 aliphatic rings. The van der Waals surface area contributed by atoms with Crippen LogP contribution in [0.1, 0.15) is 22.8 Å². The maximum absolute atomic E-state index is 11.2. The van der Waals surface area contributed by atoms with Crippen LogP contribution in [0.3, 0.4) is 0 Å². The summed E-state index contributed by atoms with van der Waals surface area (Å²) >= 11 is 0. The van der Waals surface area contributed by atoms with Crippen molar-refractivity contribution in [2.75, 3.05) is 33.8 Å². The number of rotatable bonds is 9. The molecule has 7 nitrogen and oxygen atoms in total. The van der Waals surface area contributed by atoms with Crippen molar-refractivity contribution in [3.63, 3.8) is 0 Å². The van der Waals surface area contributed by atoms with Gasteiger partial charge in [-0.2, -0.15) is 0 Å². The molecule has 0 amide bonds. The number of phenolic OH excluding ortho intramolecular Hbond substituents is 1. The Hall–Kier alpha value is -3.58. The molecule has 3 rings (SSSR count). The topological polar surface area (TPSA) is 89.4 Å². The molecule has 0 bridgehead atoms. The Kier molecular flexibility index (Phi) is 7.10. The van der Waals surface area contributed by atoms with Gasteiger partial charge in [-0.15, -0.1) is 0 Å². The van der Waals surface area contributed by atoms with Crippen molar-refractivity contribution in [2.45, 2.75) is 12.6 Å². The summed E-state index contributed by atoms with van der Waals surface area (Å²) in [6, 6.07) is 15.8. The predicted octanol–water partition coefficient (Wildman–Crippen LogP) is 4.12. The van der Waals surface area contributed by atoms with E-state index in [0.717, 1.165) is 5.56 Å². The second-order valence-electron chi connectivity index (χ2n) is 6.76. The fourth-order valence-corrected chi connectivity index (χ4v) is 3.45. The lowest BCUT2D eigenvalue weighted by molar-refractivity contribution is 0.213. The average Bonchev–Trinajstić information content (AvgIpc) is 2.81. The first-order valence-corrected chi connectivity index (χ1v) is 9.69. The first-order chi connectivity index (χ1) is 15.0. The van der Waals surface area contributed by atoms with Gasteiger partial charge in [-0.1, -0.05) is 24.3 Å². The van der Waals surface area contributed by atoms with E-state index in [1.54, 1.807) is 56.7 Å². The molecule has 3 aromatic carbocycles. The van der Waals surface area contributed by atoms with Crippen LogP contribution in [0.25, 0.3) is 0 Å². The highest BCUT2D eigenvalue weighted by atomic mass is 16.5. The second kappa shape index (κ2) is 9.95. The summed E-state index contributed by atoms with van der Waals surface area (Å²) in [5, 5.41) is 24.9. The number of benzene rings is 3. The van der Waals surface area contributed by atoms with Crippen LogP contribution in [-0.4, -0.2) is 38.7 Å². The van der Waals surface area contributed by atoms with Crippen LogP contribution in [0.2, 0.25) is 0 Å². The van der Waals surface area contributed by atoms with E-state index in [1.807, 2.05) is 12.1 Å². The minimum Gasteiger partial charge on any atom is -0.506 e. The third-order valence-electron chi connectivity index (χ3n) is 5.05. The molecule has 0 aromatic heterocycles. The summed E-state index contributed by atoms with van der Waals surface area (Å²) in [6.07, 6.45) is -1.06. The smallest absolute Gasteiger partial charge is 0.166 e. The number of hydrogen-bond acceptors (Lipinski definition) is 7. The molecule has 1 unspecified atom stereocenters. The Balaban J connectivity index is 1.95. The van der Waals surface area contributed by atoms with E-state index < -0.39 is 6.10 Å². The van der Waals surface area contributed by atoms with Gasteiger partial charge < -0.3 is 34.5 Å². The lowest BCUT2D eigenvalue weighted by atomic mass is 9.98. The van der Waals surface area contributed by atoms with Crippen molar-refractivity contribution in [1.82, 2.24) is 0 Å². The van der Waals surface area contributed by atoms with Crippen LogP contribution in [0.4, 0.5) is 5.69 Å². The molecule has 31 heavy (non-hydrogen) atoms. The lowest BCUT2D eigenvalue weighted by Gasteiger charge is -2.21. The standard InChI is InChI=1S/C24H27NO6/c1-28-16-12-11-15(21(13-16)30-3)14-25-22-17(7-5-9-19(22)26)23(27)18-8-6-10-20(29-2)24(18)31-4/h5-13,23,25-27H,14H2,1-4H3. The number of hydrogen-bond donors (Lipinski definition) is 3. The van der Waals surface area contributed by atoms with E-state index in [9.17, 15) is 10.2 Å². The van der Waals surface area contributed by atoms with Gasteiger partial charge in [0.05, 0.1) is 34.1 Å². The quantitative estimate of drug-likeness (QED) is 0.444. The summed E-state index contributed by atoms with van der Waals surface area (Å²) in [7, 11) is 6.24. The Morgan fingerprint density at radius 2 is 1.52 bits per heavy atom. The number of aliphatic hydroxyl groups is 1. The first kappa shape index (κ1) is 22.1. The van der Waals surface area contributed by atoms with E-state index >= 15 is 0 Å². The Morgan fingerprint density at radius 1 is 0.806 bits per heavy atom. The van der Waals surface area contributed by atoms with E-state index in [-0.39, 0.29) is 5.75 Å². The molecule has 0 saturated carbocycles. The monoisotopic (exact) mass is 425 g/mol. The molecule has 0 aliphatic carbocycles. The van der Waals surface area contributed by atoms with Crippen molar-refractivity contribution in [3.8, 4) is 28.7 Å². The van der Waals surface area contributed by atoms with Crippen LogP contribution in [0.15, 0.2) is 54.6 Å². The molecule has 1 atom stereocenters. The Bertz CT molecular complexity index is 1040. The van der Waals surface area contributed by atoms with Gasteiger partial charge in [0.1, 0.15) is 23.4 Å². The minimum atomic E-state index is -1.06. The first-order valence-electron chi connectivity index (χ1n) is 9.69. The molecule has 0 spiro atoms. The maximum atomic E-state index is 11.2. The Labute approximate surface area is 181 Å². The van der Waals surface area contributed by atoms with Gasteiger partial charge >= 0.3 is 0 Å². The number of nitrogens with one attached hydrogen (secondary N) is 1. The zero-order valence-corrected chi connectivity index (χ0v) is 18.0. The fraction of sp³-hybridized carbons (Fsp3) is 0.250. The minimum absolute atomic E-state index is 0.0193. The van der Waals surface area contributed by atoms with E-state index in [1.165, 1.54) is 14.2 Å². The van der Waals surface area contributed by atoms with Gasteiger partial charge in [-0.25, -0.2) is 0 Å². The molecule has 0 fully saturated rings. The zero-order chi connectivity index (χ0) is 22.4. The molecule has 3 aromatic rings. The predicted molar refractivity (Wildman–Crippen MR) is 119 cm³/mol. The highest BCUT2D eigenvalue weighted by Crippen LogP contribution is 2.41. The van der Waals surface area contributed by atoms with Crippen molar-refractivity contribution < 1.29 is 29.2 Å². The Morgan fingerprint density at radius 3 is 2.19 bits per heavy atom. The van der Waals surface area contributed by atoms with Crippen molar-refractivity contribution in [3.05, 3.63) is 71.3 Å². The van der Waals surface area contributed by atoms with Gasteiger partial charge in [0, 0.05) is 29.3 Å². The lowest BCUT2D eigenvalue weighted by Crippen LogP contribution is -2.09. The van der Waals surface area contributed by atoms with E-state index in [0.29, 0.717) is 46.4 Å². The van der Waals surface area contributed by atoms with Crippen LogP contribution in [0, 0.1) is 0 Å². The molecule has 0 heterocycles. The van der Waals surface area contributed by atoms with Crippen LogP contribution >= 0.6 is 0 Å². The van der Waals surface area contributed by atoms with Crippen molar-refractivity contribution >= 4 is 5.69 Å². The van der Waals surface area contributed by atoms with Crippen LogP contribution in [-0.2, 0) is 6.54 Å². The third kappa shape index (κ3) is 4.62. The molecular weight excluding hydrogens is 398 g/mol. The van der Waals surface area contributed by atoms with Gasteiger partial charge in [-0.3, -0.25) is 0 Å². The number of ether oxygens (including phenoxy) is 4. The van der Waals surface area contributed by atoms with Gasteiger partial charge in [0.15, 0.2) is 11.5 Å². The summed E-state index contributed by atoms with van der Waals surface area (Å²) in [5.74, 6) is 2.30. The van der Waals surface area contributed by atoms with Crippen LogP contribution < -0.4 is 24.3 Å². The van der Waals surface area contributed by atoms with E-state index in [2.05, 4.69) is 5.32 Å². The number of para-hydroxylation sites is 2. The summed E-state index contributed by atoms with van der Waals surface area (Å²) in [5.41, 5.74) is 2.31. The van der Waals surface area contributed by atoms with Gasteiger partial charge in [0.2, 0.25) is 0 Å². The third-order valence-corrected chi connectivity index (χ3v) is 5.05. The summed E-state index contributed by atoms with van der Waals surface area (Å²) < 4.78 is 21.5. The fourth-order valence-electron chi connectivity index (χ4n) is 3.45. The molecule has 7 heteroatoms. The number of phenols is 1. The molecule has 0 saturated heterocycles. The maximum Gasteiger partial charge on any atom is 0.166 e. The molecule has 0 aliphatic heterocycles. The molecular formula is C24H27NO6. The molecule has 164 valence electrons. The summed E-state index contributed by atoms with van der Waals surface area (Å²) in [4.78, 5) is 0. The SMILES string of the molecule is COc1ccc(CNc2c(O)cccc2C(O)c2cccc(OC)c2OC)c(OC)c1. The highest BCUT2D eigenvalue weighted by Gasteiger charge is 2.22. The van der Waals surface area contributed by atoms with Crippen molar-refractivity contribution in [2.24, 2.45) is 0 Å². The van der Waals surface area contributed by atoms with Gasteiger partial charge in [-0.05, 0) is 24.3 Å². The molecule has 3 N–H and O–H groups in total. The van der Waals surface area contributed by atoms with E-state index in [4.69, 9.17) is 18.9 Å². The average molecular weight is 425 g/mol. The molecule has 0 radical (unpaired) electrons. The zero-order valence-electron chi connectivity index (χ0n) is 18.0. The number of methoxy groups -OCH3 is 4. The summed E-state index contributed by atoms with van der Waals surface area (Å²) in [6.45, 7) is 0.361. The van der Waals surface area contributed by atoms with Crippen molar-refractivity contribution in [1.29, 1.82) is 0 Å². The number of aliphatic hydroxyl groups excluding tert-OH is 1. The normalized spacial score (nSPS) is 11.5. The second-order valence-corrected chi connectivity index (χ2v) is 6.76. The number of anilines is 1. The largest absolute Gasteiger partial charge is 0.506 e. The van der Waals surface area contributed by atoms with Crippen LogP contribution in [0.5, 0.6) is 28.7 Å².